The van der Waals surface area contributed by atoms with Gasteiger partial charge in [0, 0.05) is 23.6 Å². The summed E-state index contributed by atoms with van der Waals surface area (Å²) in [6, 6.07) is 7.04. The number of aliphatic hydroxyl groups excluding tert-OH is 1. The number of rotatable bonds is 2. The van der Waals surface area contributed by atoms with E-state index in [2.05, 4.69) is 9.97 Å². The van der Waals surface area contributed by atoms with Crippen molar-refractivity contribution in [1.82, 2.24) is 9.97 Å². The lowest BCUT2D eigenvalue weighted by molar-refractivity contribution is 0.282. The minimum absolute atomic E-state index is 0.0559. The van der Waals surface area contributed by atoms with Crippen molar-refractivity contribution in [1.29, 1.82) is 0 Å². The van der Waals surface area contributed by atoms with Crippen molar-refractivity contribution >= 4 is 5.69 Å². The second kappa shape index (κ2) is 4.06. The molecule has 0 fully saturated rings. The molecule has 0 atom stereocenters. The first-order valence-corrected chi connectivity index (χ1v) is 4.58. The molecule has 0 saturated carbocycles. The molecule has 0 unspecified atom stereocenters. The number of hydrogen-bond donors (Lipinski definition) is 2. The van der Waals surface area contributed by atoms with Crippen molar-refractivity contribution < 1.29 is 5.11 Å². The molecule has 15 heavy (non-hydrogen) atoms. The zero-order chi connectivity index (χ0) is 10.7. The second-order valence-corrected chi connectivity index (χ2v) is 3.14. The van der Waals surface area contributed by atoms with Crippen molar-refractivity contribution in [2.24, 2.45) is 0 Å². The largest absolute Gasteiger partial charge is 0.399 e. The molecule has 2 heterocycles. The highest BCUT2D eigenvalue weighted by Gasteiger charge is 2.06. The van der Waals surface area contributed by atoms with E-state index in [-0.39, 0.29) is 6.61 Å². The topological polar surface area (TPSA) is 72.0 Å². The predicted molar refractivity (Wildman–Crippen MR) is 57.8 cm³/mol. The standard InChI is InChI=1S/C11H11N3O/c12-9-3-5-13-10(6-9)11-8(7-15)2-1-4-14-11/h1-6,15H,7H2,(H2,12,13). The summed E-state index contributed by atoms with van der Waals surface area (Å²) in [7, 11) is 0. The van der Waals surface area contributed by atoms with Gasteiger partial charge in [-0.1, -0.05) is 6.07 Å². The van der Waals surface area contributed by atoms with Crippen molar-refractivity contribution in [2.75, 3.05) is 5.73 Å². The molecule has 0 bridgehead atoms. The zero-order valence-corrected chi connectivity index (χ0v) is 8.09. The maximum atomic E-state index is 9.15. The van der Waals surface area contributed by atoms with E-state index in [9.17, 15) is 0 Å². The Bertz CT molecular complexity index is 471. The Kier molecular flexibility index (Phi) is 2.60. The van der Waals surface area contributed by atoms with E-state index in [1.165, 1.54) is 0 Å². The van der Waals surface area contributed by atoms with E-state index in [1.807, 2.05) is 6.07 Å². The fraction of sp³-hybridized carbons (Fsp3) is 0.0909. The Hall–Kier alpha value is -1.94. The molecule has 0 aliphatic rings. The van der Waals surface area contributed by atoms with Crippen LogP contribution in [-0.2, 0) is 6.61 Å². The lowest BCUT2D eigenvalue weighted by Gasteiger charge is -2.05. The van der Waals surface area contributed by atoms with Crippen LogP contribution in [0.25, 0.3) is 11.4 Å². The summed E-state index contributed by atoms with van der Waals surface area (Å²) in [6.45, 7) is -0.0559. The number of aromatic nitrogens is 2. The van der Waals surface area contributed by atoms with E-state index >= 15 is 0 Å². The van der Waals surface area contributed by atoms with E-state index < -0.39 is 0 Å². The van der Waals surface area contributed by atoms with Crippen LogP contribution in [0, 0.1) is 0 Å². The van der Waals surface area contributed by atoms with Gasteiger partial charge in [-0.2, -0.15) is 0 Å². The van der Waals surface area contributed by atoms with Gasteiger partial charge in [-0.15, -0.1) is 0 Å². The minimum Gasteiger partial charge on any atom is -0.399 e. The van der Waals surface area contributed by atoms with Gasteiger partial charge >= 0.3 is 0 Å². The Labute approximate surface area is 87.4 Å². The van der Waals surface area contributed by atoms with Gasteiger partial charge in [0.1, 0.15) is 0 Å². The normalized spacial score (nSPS) is 10.2. The van der Waals surface area contributed by atoms with Crippen LogP contribution in [0.4, 0.5) is 5.69 Å². The number of nitrogens with zero attached hydrogens (tertiary/aromatic N) is 2. The predicted octanol–water partition coefficient (Wildman–Crippen LogP) is 1.22. The number of aliphatic hydroxyl groups is 1. The summed E-state index contributed by atoms with van der Waals surface area (Å²) in [6.07, 6.45) is 3.29. The number of pyridine rings is 2. The van der Waals surface area contributed by atoms with Gasteiger partial charge in [0.2, 0.25) is 0 Å². The molecule has 0 spiro atoms. The quantitative estimate of drug-likeness (QED) is 0.766. The fourth-order valence-electron chi connectivity index (χ4n) is 1.37. The van der Waals surface area contributed by atoms with E-state index in [0.29, 0.717) is 17.1 Å². The van der Waals surface area contributed by atoms with Crippen LogP contribution in [0.15, 0.2) is 36.7 Å². The molecule has 0 radical (unpaired) electrons. The van der Waals surface area contributed by atoms with Crippen LogP contribution < -0.4 is 5.73 Å². The highest BCUT2D eigenvalue weighted by molar-refractivity contribution is 5.62. The molecule has 2 aromatic heterocycles. The third-order valence-corrected chi connectivity index (χ3v) is 2.09. The lowest BCUT2D eigenvalue weighted by atomic mass is 10.1. The Morgan fingerprint density at radius 1 is 1.20 bits per heavy atom. The van der Waals surface area contributed by atoms with Gasteiger partial charge in [0.15, 0.2) is 0 Å². The second-order valence-electron chi connectivity index (χ2n) is 3.14. The third-order valence-electron chi connectivity index (χ3n) is 2.09. The molecule has 3 N–H and O–H groups in total. The molecular formula is C11H11N3O. The lowest BCUT2D eigenvalue weighted by Crippen LogP contribution is -1.95. The highest BCUT2D eigenvalue weighted by Crippen LogP contribution is 2.20. The molecule has 0 aliphatic carbocycles. The Balaban J connectivity index is 2.53. The van der Waals surface area contributed by atoms with Crippen LogP contribution in [-0.4, -0.2) is 15.1 Å². The van der Waals surface area contributed by atoms with Gasteiger partial charge < -0.3 is 10.8 Å². The van der Waals surface area contributed by atoms with Crippen molar-refractivity contribution in [3.63, 3.8) is 0 Å². The first kappa shape index (κ1) is 9.61. The Morgan fingerprint density at radius 2 is 2.07 bits per heavy atom. The minimum atomic E-state index is -0.0559. The first-order valence-electron chi connectivity index (χ1n) is 4.58. The van der Waals surface area contributed by atoms with Crippen LogP contribution in [0.5, 0.6) is 0 Å². The first-order chi connectivity index (χ1) is 7.31. The summed E-state index contributed by atoms with van der Waals surface area (Å²) in [5, 5.41) is 9.15. The SMILES string of the molecule is Nc1ccnc(-c2ncccc2CO)c1. The highest BCUT2D eigenvalue weighted by atomic mass is 16.3. The zero-order valence-electron chi connectivity index (χ0n) is 8.09. The number of nitrogens with two attached hydrogens (primary N) is 1. The van der Waals surface area contributed by atoms with Gasteiger partial charge in [-0.05, 0) is 18.2 Å². The average Bonchev–Trinajstić information content (AvgIpc) is 2.29. The van der Waals surface area contributed by atoms with Gasteiger partial charge in [0.05, 0.1) is 18.0 Å². The van der Waals surface area contributed by atoms with Crippen molar-refractivity contribution in [2.45, 2.75) is 6.61 Å². The van der Waals surface area contributed by atoms with E-state index in [0.717, 1.165) is 5.56 Å². The summed E-state index contributed by atoms with van der Waals surface area (Å²) >= 11 is 0. The molecule has 2 aromatic rings. The van der Waals surface area contributed by atoms with E-state index in [1.54, 1.807) is 30.6 Å². The Morgan fingerprint density at radius 3 is 2.80 bits per heavy atom. The molecule has 76 valence electrons. The number of nitrogen functional groups attached to an aromatic ring is 1. The van der Waals surface area contributed by atoms with Gasteiger partial charge in [-0.3, -0.25) is 9.97 Å². The maximum Gasteiger partial charge on any atom is 0.0941 e. The third kappa shape index (κ3) is 1.94. The molecule has 0 saturated heterocycles. The summed E-state index contributed by atoms with van der Waals surface area (Å²) in [5.41, 5.74) is 8.39. The molecule has 4 nitrogen and oxygen atoms in total. The molecule has 2 rings (SSSR count). The summed E-state index contributed by atoms with van der Waals surface area (Å²) < 4.78 is 0. The molecule has 4 heteroatoms. The monoisotopic (exact) mass is 201 g/mol. The number of hydrogen-bond acceptors (Lipinski definition) is 4. The van der Waals surface area contributed by atoms with Crippen LogP contribution in [0.3, 0.4) is 0 Å². The number of anilines is 1. The average molecular weight is 201 g/mol. The maximum absolute atomic E-state index is 9.15. The van der Waals surface area contributed by atoms with Gasteiger partial charge in [0.25, 0.3) is 0 Å². The van der Waals surface area contributed by atoms with Crippen LogP contribution in [0.2, 0.25) is 0 Å². The summed E-state index contributed by atoms with van der Waals surface area (Å²) in [4.78, 5) is 8.35. The summed E-state index contributed by atoms with van der Waals surface area (Å²) in [5.74, 6) is 0. The van der Waals surface area contributed by atoms with E-state index in [4.69, 9.17) is 10.8 Å². The molecule has 0 aromatic carbocycles. The van der Waals surface area contributed by atoms with Crippen molar-refractivity contribution in [3.05, 3.63) is 42.2 Å². The fourth-order valence-corrected chi connectivity index (χ4v) is 1.37. The van der Waals surface area contributed by atoms with Crippen LogP contribution >= 0.6 is 0 Å². The molecule has 0 aliphatic heterocycles. The van der Waals surface area contributed by atoms with Crippen LogP contribution in [0.1, 0.15) is 5.56 Å². The smallest absolute Gasteiger partial charge is 0.0941 e. The molecule has 0 amide bonds. The van der Waals surface area contributed by atoms with Gasteiger partial charge in [-0.25, -0.2) is 0 Å². The van der Waals surface area contributed by atoms with Crippen molar-refractivity contribution in [3.8, 4) is 11.4 Å². The molecular weight excluding hydrogens is 190 g/mol.